The molecule has 0 saturated carbocycles. The Morgan fingerprint density at radius 2 is 1.93 bits per heavy atom. The number of sulfone groups is 1. The van der Waals surface area contributed by atoms with Crippen molar-refractivity contribution in [3.63, 3.8) is 0 Å². The van der Waals surface area contributed by atoms with E-state index in [9.17, 15) is 8.42 Å². The van der Waals surface area contributed by atoms with Crippen molar-refractivity contribution in [2.45, 2.75) is 37.9 Å². The zero-order valence-electron chi connectivity index (χ0n) is 8.91. The van der Waals surface area contributed by atoms with E-state index in [1.54, 1.807) is 0 Å². The fraction of sp³-hybridized carbons (Fsp3) is 0.636. The second-order valence-corrected chi connectivity index (χ2v) is 5.65. The van der Waals surface area contributed by atoms with E-state index >= 15 is 0 Å². The number of rotatable bonds is 8. The smallest absolute Gasteiger partial charge is 0.160 e. The van der Waals surface area contributed by atoms with Gasteiger partial charge in [-0.3, -0.25) is 0 Å². The predicted octanol–water partition coefficient (Wildman–Crippen LogP) is 2.72. The van der Waals surface area contributed by atoms with E-state index in [4.69, 9.17) is 0 Å². The highest BCUT2D eigenvalue weighted by molar-refractivity contribution is 7.92. The van der Waals surface area contributed by atoms with Crippen molar-refractivity contribution in [1.29, 1.82) is 0 Å². The predicted molar refractivity (Wildman–Crippen MR) is 62.1 cm³/mol. The Hall–Kier alpha value is -0.570. The van der Waals surface area contributed by atoms with Gasteiger partial charge in [-0.05, 0) is 6.42 Å². The van der Waals surface area contributed by atoms with Crippen molar-refractivity contribution in [3.8, 4) is 0 Å². The van der Waals surface area contributed by atoms with Crippen LogP contribution in [0.4, 0.5) is 0 Å². The van der Waals surface area contributed by atoms with Crippen LogP contribution in [0, 0.1) is 0 Å². The largest absolute Gasteiger partial charge is 0.228 e. The molecule has 0 N–H and O–H groups in total. The Bertz CT molecular complexity index is 265. The van der Waals surface area contributed by atoms with Gasteiger partial charge in [0.15, 0.2) is 9.84 Å². The second kappa shape index (κ2) is 6.82. The fourth-order valence-electron chi connectivity index (χ4n) is 1.33. The van der Waals surface area contributed by atoms with E-state index in [0.717, 1.165) is 19.3 Å². The molecule has 0 aromatic heterocycles. The van der Waals surface area contributed by atoms with Crippen LogP contribution in [0.2, 0.25) is 0 Å². The molecule has 0 bridgehead atoms. The van der Waals surface area contributed by atoms with E-state index in [2.05, 4.69) is 20.1 Å². The molecule has 0 aliphatic rings. The van der Waals surface area contributed by atoms with Crippen molar-refractivity contribution in [3.05, 3.63) is 25.3 Å². The number of hydrogen-bond acceptors (Lipinski definition) is 2. The van der Waals surface area contributed by atoms with Gasteiger partial charge in [-0.1, -0.05) is 38.3 Å². The summed E-state index contributed by atoms with van der Waals surface area (Å²) in [5, 5.41) is -0.396. The van der Waals surface area contributed by atoms with E-state index in [-0.39, 0.29) is 5.75 Å². The molecule has 0 amide bonds. The van der Waals surface area contributed by atoms with E-state index in [1.165, 1.54) is 12.2 Å². The molecular weight excluding hydrogens is 196 g/mol. The summed E-state index contributed by atoms with van der Waals surface area (Å²) < 4.78 is 23.2. The van der Waals surface area contributed by atoms with Crippen molar-refractivity contribution >= 4 is 9.84 Å². The highest BCUT2D eigenvalue weighted by Gasteiger charge is 2.19. The summed E-state index contributed by atoms with van der Waals surface area (Å²) in [6.07, 6.45) is 6.79. The van der Waals surface area contributed by atoms with Gasteiger partial charge in [0.2, 0.25) is 0 Å². The van der Waals surface area contributed by atoms with Gasteiger partial charge in [0.25, 0.3) is 0 Å². The van der Waals surface area contributed by atoms with E-state index in [1.807, 2.05) is 0 Å². The molecule has 82 valence electrons. The first-order valence-electron chi connectivity index (χ1n) is 5.03. The highest BCUT2D eigenvalue weighted by atomic mass is 32.2. The second-order valence-electron chi connectivity index (χ2n) is 3.39. The molecule has 0 heterocycles. The third-order valence-corrected chi connectivity index (χ3v) is 4.22. The Labute approximate surface area is 87.6 Å². The van der Waals surface area contributed by atoms with Crippen LogP contribution in [0.15, 0.2) is 25.3 Å². The number of hydrogen-bond donors (Lipinski definition) is 0. The SMILES string of the molecule is C=CCS(=O)(=O)C(C=C)CCCCC. The number of unbranched alkanes of at least 4 members (excludes halogenated alkanes) is 2. The van der Waals surface area contributed by atoms with E-state index in [0.29, 0.717) is 6.42 Å². The van der Waals surface area contributed by atoms with Gasteiger partial charge in [-0.25, -0.2) is 8.42 Å². The molecule has 1 atom stereocenters. The topological polar surface area (TPSA) is 34.1 Å². The van der Waals surface area contributed by atoms with Gasteiger partial charge < -0.3 is 0 Å². The Kier molecular flexibility index (Phi) is 6.54. The van der Waals surface area contributed by atoms with Crippen LogP contribution in [0.3, 0.4) is 0 Å². The monoisotopic (exact) mass is 216 g/mol. The zero-order chi connectivity index (χ0) is 11.0. The minimum Gasteiger partial charge on any atom is -0.228 e. The molecule has 0 aromatic carbocycles. The van der Waals surface area contributed by atoms with Crippen LogP contribution in [0.1, 0.15) is 32.6 Å². The molecule has 3 heteroatoms. The van der Waals surface area contributed by atoms with Crippen LogP contribution >= 0.6 is 0 Å². The summed E-state index contributed by atoms with van der Waals surface area (Å²) in [4.78, 5) is 0. The quantitative estimate of drug-likeness (QED) is 0.462. The average Bonchev–Trinajstić information content (AvgIpc) is 2.12. The molecule has 0 spiro atoms. The van der Waals surface area contributed by atoms with Crippen molar-refractivity contribution in [2.24, 2.45) is 0 Å². The first kappa shape index (κ1) is 13.4. The highest BCUT2D eigenvalue weighted by Crippen LogP contribution is 2.13. The summed E-state index contributed by atoms with van der Waals surface area (Å²) in [6.45, 7) is 9.12. The molecule has 0 fully saturated rings. The Balaban J connectivity index is 4.25. The maximum Gasteiger partial charge on any atom is 0.160 e. The van der Waals surface area contributed by atoms with Crippen LogP contribution in [-0.2, 0) is 9.84 Å². The molecule has 2 nitrogen and oxygen atoms in total. The zero-order valence-corrected chi connectivity index (χ0v) is 9.72. The Morgan fingerprint density at radius 1 is 1.29 bits per heavy atom. The molecule has 0 aliphatic carbocycles. The Morgan fingerprint density at radius 3 is 2.36 bits per heavy atom. The normalized spacial score (nSPS) is 13.5. The van der Waals surface area contributed by atoms with Crippen molar-refractivity contribution < 1.29 is 8.42 Å². The molecule has 14 heavy (non-hydrogen) atoms. The summed E-state index contributed by atoms with van der Waals surface area (Å²) in [6, 6.07) is 0. The van der Waals surface area contributed by atoms with Gasteiger partial charge in [0, 0.05) is 0 Å². The summed E-state index contributed by atoms with van der Waals surface area (Å²) in [5.74, 6) is 0.0514. The lowest BCUT2D eigenvalue weighted by molar-refractivity contribution is 0.579. The molecular formula is C11H20O2S. The lowest BCUT2D eigenvalue weighted by Crippen LogP contribution is -2.21. The lowest BCUT2D eigenvalue weighted by atomic mass is 10.1. The van der Waals surface area contributed by atoms with Crippen molar-refractivity contribution in [2.75, 3.05) is 5.75 Å². The maximum atomic E-state index is 11.6. The molecule has 1 unspecified atom stereocenters. The van der Waals surface area contributed by atoms with Gasteiger partial charge in [-0.2, -0.15) is 0 Å². The third kappa shape index (κ3) is 4.61. The first-order valence-corrected chi connectivity index (χ1v) is 6.75. The van der Waals surface area contributed by atoms with E-state index < -0.39 is 15.1 Å². The standard InChI is InChI=1S/C11H20O2S/c1-4-7-8-9-11(6-3)14(12,13)10-5-2/h5-6,11H,2-4,7-10H2,1H3. The fourth-order valence-corrected chi connectivity index (χ4v) is 2.72. The lowest BCUT2D eigenvalue weighted by Gasteiger charge is -2.11. The molecule has 0 aliphatic heterocycles. The maximum absolute atomic E-state index is 11.6. The van der Waals surface area contributed by atoms with Gasteiger partial charge in [-0.15, -0.1) is 13.2 Å². The summed E-state index contributed by atoms with van der Waals surface area (Å²) in [7, 11) is -3.04. The molecule has 0 radical (unpaired) electrons. The van der Waals surface area contributed by atoms with Gasteiger partial charge in [0.05, 0.1) is 11.0 Å². The minimum absolute atomic E-state index is 0.0514. The molecule has 0 rings (SSSR count). The van der Waals surface area contributed by atoms with Crippen LogP contribution in [-0.4, -0.2) is 19.4 Å². The first-order chi connectivity index (χ1) is 6.58. The summed E-state index contributed by atoms with van der Waals surface area (Å²) >= 11 is 0. The molecule has 0 saturated heterocycles. The molecule has 0 aromatic rings. The van der Waals surface area contributed by atoms with Gasteiger partial charge >= 0.3 is 0 Å². The van der Waals surface area contributed by atoms with Crippen LogP contribution in [0.25, 0.3) is 0 Å². The third-order valence-electron chi connectivity index (χ3n) is 2.17. The average molecular weight is 216 g/mol. The van der Waals surface area contributed by atoms with Gasteiger partial charge in [0.1, 0.15) is 0 Å². The van der Waals surface area contributed by atoms with Crippen LogP contribution in [0.5, 0.6) is 0 Å². The minimum atomic E-state index is -3.04. The van der Waals surface area contributed by atoms with Crippen molar-refractivity contribution in [1.82, 2.24) is 0 Å². The summed E-state index contributed by atoms with van der Waals surface area (Å²) in [5.41, 5.74) is 0. The van der Waals surface area contributed by atoms with Crippen LogP contribution < -0.4 is 0 Å².